The lowest BCUT2D eigenvalue weighted by Gasteiger charge is -2.05. The molecule has 7 heteroatoms. The summed E-state index contributed by atoms with van der Waals surface area (Å²) in [4.78, 5) is 16.1. The van der Waals surface area contributed by atoms with Crippen molar-refractivity contribution in [2.45, 2.75) is 32.9 Å². The standard InChI is InChI=1S/C9H11F3N2OS/c1-5-6(2)16-8(13-5)14-7(15)3-4-9(10,11)12/h3-4H2,1-2H3,(H,13,14,15). The maximum Gasteiger partial charge on any atom is 0.389 e. The number of anilines is 1. The van der Waals surface area contributed by atoms with Crippen LogP contribution in [0.15, 0.2) is 0 Å². The summed E-state index contributed by atoms with van der Waals surface area (Å²) < 4.78 is 35.5. The van der Waals surface area contributed by atoms with Crippen molar-refractivity contribution in [3.8, 4) is 0 Å². The Morgan fingerprint density at radius 2 is 2.06 bits per heavy atom. The highest BCUT2D eigenvalue weighted by Gasteiger charge is 2.28. The lowest BCUT2D eigenvalue weighted by Crippen LogP contribution is -2.16. The van der Waals surface area contributed by atoms with Gasteiger partial charge < -0.3 is 5.32 Å². The Morgan fingerprint density at radius 1 is 1.44 bits per heavy atom. The second-order valence-electron chi connectivity index (χ2n) is 3.32. The quantitative estimate of drug-likeness (QED) is 0.898. The molecule has 90 valence electrons. The summed E-state index contributed by atoms with van der Waals surface area (Å²) in [5.41, 5.74) is 0.774. The molecule has 0 radical (unpaired) electrons. The molecular weight excluding hydrogens is 241 g/mol. The lowest BCUT2D eigenvalue weighted by atomic mass is 10.3. The van der Waals surface area contributed by atoms with Crippen molar-refractivity contribution in [2.24, 2.45) is 0 Å². The number of hydrogen-bond acceptors (Lipinski definition) is 3. The van der Waals surface area contributed by atoms with Gasteiger partial charge in [-0.15, -0.1) is 11.3 Å². The zero-order chi connectivity index (χ0) is 12.3. The van der Waals surface area contributed by atoms with Gasteiger partial charge in [-0.3, -0.25) is 4.79 Å². The second-order valence-corrected chi connectivity index (χ2v) is 4.53. The number of hydrogen-bond donors (Lipinski definition) is 1. The number of carbonyl (C=O) groups excluding carboxylic acids is 1. The van der Waals surface area contributed by atoms with Gasteiger partial charge in [-0.25, -0.2) is 4.98 Å². The van der Waals surface area contributed by atoms with Crippen LogP contribution in [0.25, 0.3) is 0 Å². The van der Waals surface area contributed by atoms with Crippen LogP contribution >= 0.6 is 11.3 Å². The summed E-state index contributed by atoms with van der Waals surface area (Å²) in [5, 5.41) is 2.69. The molecule has 1 aromatic rings. The molecule has 1 heterocycles. The average molecular weight is 252 g/mol. The molecule has 1 amide bonds. The Balaban J connectivity index is 2.46. The van der Waals surface area contributed by atoms with Crippen LogP contribution in [0.4, 0.5) is 18.3 Å². The van der Waals surface area contributed by atoms with Crippen molar-refractivity contribution in [1.29, 1.82) is 0 Å². The molecule has 0 atom stereocenters. The number of nitrogens with one attached hydrogen (secondary N) is 1. The molecule has 1 rings (SSSR count). The molecule has 16 heavy (non-hydrogen) atoms. The highest BCUT2D eigenvalue weighted by molar-refractivity contribution is 7.15. The van der Waals surface area contributed by atoms with Crippen LogP contribution in [0.5, 0.6) is 0 Å². The third-order valence-corrected chi connectivity index (χ3v) is 2.90. The minimum Gasteiger partial charge on any atom is -0.302 e. The lowest BCUT2D eigenvalue weighted by molar-refractivity contribution is -0.142. The van der Waals surface area contributed by atoms with Crippen LogP contribution in [-0.2, 0) is 4.79 Å². The predicted octanol–water partition coefficient (Wildman–Crippen LogP) is 3.04. The maximum atomic E-state index is 11.8. The van der Waals surface area contributed by atoms with Gasteiger partial charge in [0.05, 0.1) is 12.1 Å². The van der Waals surface area contributed by atoms with Crippen LogP contribution in [-0.4, -0.2) is 17.1 Å². The monoisotopic (exact) mass is 252 g/mol. The van der Waals surface area contributed by atoms with Crippen molar-refractivity contribution in [1.82, 2.24) is 4.98 Å². The Bertz CT molecular complexity index is 367. The van der Waals surface area contributed by atoms with Crippen LogP contribution < -0.4 is 5.32 Å². The highest BCUT2D eigenvalue weighted by Crippen LogP contribution is 2.23. The molecule has 0 aromatic carbocycles. The second kappa shape index (κ2) is 4.82. The van der Waals surface area contributed by atoms with E-state index in [-0.39, 0.29) is 0 Å². The van der Waals surface area contributed by atoms with Crippen LogP contribution in [0.3, 0.4) is 0 Å². The van der Waals surface area contributed by atoms with Crippen LogP contribution in [0, 0.1) is 13.8 Å². The van der Waals surface area contributed by atoms with Gasteiger partial charge in [-0.2, -0.15) is 13.2 Å². The molecular formula is C9H11F3N2OS. The van der Waals surface area contributed by atoms with Crippen LogP contribution in [0.2, 0.25) is 0 Å². The van der Waals surface area contributed by atoms with Gasteiger partial charge in [0.15, 0.2) is 5.13 Å². The number of aromatic nitrogens is 1. The Kier molecular flexibility index (Phi) is 3.90. The normalized spacial score (nSPS) is 11.6. The van der Waals surface area contributed by atoms with Crippen molar-refractivity contribution >= 4 is 22.4 Å². The molecule has 0 aliphatic carbocycles. The van der Waals surface area contributed by atoms with Crippen molar-refractivity contribution < 1.29 is 18.0 Å². The Hall–Kier alpha value is -1.11. The fraction of sp³-hybridized carbons (Fsp3) is 0.556. The average Bonchev–Trinajstić information content (AvgIpc) is 2.41. The third-order valence-electron chi connectivity index (χ3n) is 1.91. The van der Waals surface area contributed by atoms with Gasteiger partial charge in [-0.1, -0.05) is 0 Å². The van der Waals surface area contributed by atoms with Gasteiger partial charge in [0.2, 0.25) is 5.91 Å². The number of thiazole rings is 1. The Morgan fingerprint density at radius 3 is 2.50 bits per heavy atom. The number of aryl methyl sites for hydroxylation is 2. The summed E-state index contributed by atoms with van der Waals surface area (Å²) in [6.45, 7) is 3.61. The van der Waals surface area contributed by atoms with Crippen LogP contribution in [0.1, 0.15) is 23.4 Å². The number of carbonyl (C=O) groups is 1. The van der Waals surface area contributed by atoms with E-state index in [9.17, 15) is 18.0 Å². The largest absolute Gasteiger partial charge is 0.389 e. The van der Waals surface area contributed by atoms with E-state index in [4.69, 9.17) is 0 Å². The van der Waals surface area contributed by atoms with E-state index >= 15 is 0 Å². The molecule has 0 saturated carbocycles. The summed E-state index contributed by atoms with van der Waals surface area (Å²) in [6, 6.07) is 0. The molecule has 0 bridgehead atoms. The van der Waals surface area contributed by atoms with Gasteiger partial charge in [0.25, 0.3) is 0 Å². The fourth-order valence-corrected chi connectivity index (χ4v) is 1.79. The van der Waals surface area contributed by atoms with Gasteiger partial charge in [0.1, 0.15) is 0 Å². The smallest absolute Gasteiger partial charge is 0.302 e. The molecule has 0 saturated heterocycles. The summed E-state index contributed by atoms with van der Waals surface area (Å²) >= 11 is 1.25. The SMILES string of the molecule is Cc1nc(NC(=O)CCC(F)(F)F)sc1C. The minimum absolute atomic E-state index is 0.349. The van der Waals surface area contributed by atoms with Gasteiger partial charge in [0, 0.05) is 11.3 Å². The minimum atomic E-state index is -4.30. The van der Waals surface area contributed by atoms with Gasteiger partial charge in [-0.05, 0) is 13.8 Å². The van der Waals surface area contributed by atoms with E-state index in [0.29, 0.717) is 5.13 Å². The zero-order valence-corrected chi connectivity index (χ0v) is 9.63. The number of halogens is 3. The molecule has 3 nitrogen and oxygen atoms in total. The van der Waals surface area contributed by atoms with Crippen molar-refractivity contribution in [3.05, 3.63) is 10.6 Å². The van der Waals surface area contributed by atoms with Crippen molar-refractivity contribution in [2.75, 3.05) is 5.32 Å². The molecule has 0 fully saturated rings. The van der Waals surface area contributed by atoms with Gasteiger partial charge >= 0.3 is 6.18 Å². The zero-order valence-electron chi connectivity index (χ0n) is 8.81. The molecule has 0 aliphatic heterocycles. The number of amides is 1. The number of nitrogens with zero attached hydrogens (tertiary/aromatic N) is 1. The first-order chi connectivity index (χ1) is 7.28. The highest BCUT2D eigenvalue weighted by atomic mass is 32.1. The van der Waals surface area contributed by atoms with E-state index in [1.807, 2.05) is 6.92 Å². The molecule has 1 aromatic heterocycles. The molecule has 1 N–H and O–H groups in total. The topological polar surface area (TPSA) is 42.0 Å². The maximum absolute atomic E-state index is 11.8. The third kappa shape index (κ3) is 4.18. The number of alkyl halides is 3. The Labute approximate surface area is 94.7 Å². The summed E-state index contributed by atoms with van der Waals surface area (Å²) in [6.07, 6.45) is -5.98. The molecule has 0 spiro atoms. The first-order valence-electron chi connectivity index (χ1n) is 4.58. The predicted molar refractivity (Wildman–Crippen MR) is 55.5 cm³/mol. The summed E-state index contributed by atoms with van der Waals surface area (Å²) in [7, 11) is 0. The summed E-state index contributed by atoms with van der Waals surface area (Å²) in [5.74, 6) is -0.661. The fourth-order valence-electron chi connectivity index (χ4n) is 0.963. The van der Waals surface area contributed by atoms with E-state index in [1.165, 1.54) is 11.3 Å². The van der Waals surface area contributed by atoms with Crippen molar-refractivity contribution in [3.63, 3.8) is 0 Å². The molecule has 0 aliphatic rings. The van der Waals surface area contributed by atoms with E-state index < -0.39 is 24.9 Å². The first-order valence-corrected chi connectivity index (χ1v) is 5.40. The van der Waals surface area contributed by atoms with E-state index in [2.05, 4.69) is 10.3 Å². The van der Waals surface area contributed by atoms with E-state index in [1.54, 1.807) is 6.92 Å². The number of rotatable bonds is 3. The molecule has 0 unspecified atom stereocenters. The first kappa shape index (κ1) is 13.0. The van der Waals surface area contributed by atoms with E-state index in [0.717, 1.165) is 10.6 Å².